The van der Waals surface area contributed by atoms with Gasteiger partial charge in [0.1, 0.15) is 5.92 Å². The van der Waals surface area contributed by atoms with Gasteiger partial charge in [-0.3, -0.25) is 4.74 Å². The molecule has 0 amide bonds. The van der Waals surface area contributed by atoms with Crippen LogP contribution < -0.4 is 0 Å². The predicted molar refractivity (Wildman–Crippen MR) is 101 cm³/mol. The predicted octanol–water partition coefficient (Wildman–Crippen LogP) is 10.3. The minimum Gasteiger partial charge on any atom is -0.284 e. The summed E-state index contributed by atoms with van der Waals surface area (Å²) in [5.41, 5.74) is 0. The molecule has 0 heterocycles. The maximum atomic E-state index is 13.1. The van der Waals surface area contributed by atoms with Crippen molar-refractivity contribution in [1.29, 1.82) is 0 Å². The van der Waals surface area contributed by atoms with Gasteiger partial charge in [-0.1, -0.05) is 40.5 Å². The van der Waals surface area contributed by atoms with E-state index in [1.54, 1.807) is 0 Å². The summed E-state index contributed by atoms with van der Waals surface area (Å²) in [4.78, 5) is 0. The molecule has 0 radical (unpaired) electrons. The van der Waals surface area contributed by atoms with Crippen LogP contribution in [0.3, 0.4) is 0 Å². The van der Waals surface area contributed by atoms with Crippen LogP contribution in [0.5, 0.6) is 0 Å². The molecule has 0 fully saturated rings. The fourth-order valence-corrected chi connectivity index (χ4v) is 1.33. The Morgan fingerprint density at radius 3 is 1.05 bits per heavy atom. The van der Waals surface area contributed by atoms with Crippen molar-refractivity contribution >= 4 is 0 Å². The summed E-state index contributed by atoms with van der Waals surface area (Å²) in [6.45, 7) is 5.83. The summed E-state index contributed by atoms with van der Waals surface area (Å²) in [7, 11) is 0. The van der Waals surface area contributed by atoms with Crippen molar-refractivity contribution in [3.63, 3.8) is 0 Å². The van der Waals surface area contributed by atoms with E-state index in [2.05, 4.69) is 37.2 Å². The van der Waals surface area contributed by atoms with Crippen molar-refractivity contribution in [3.05, 3.63) is 0 Å². The van der Waals surface area contributed by atoms with E-state index in [1.807, 2.05) is 0 Å². The third-order valence-corrected chi connectivity index (χ3v) is 3.12. The highest BCUT2D eigenvalue weighted by molar-refractivity contribution is 4.84. The van der Waals surface area contributed by atoms with E-state index in [-0.39, 0.29) is 6.92 Å². The Morgan fingerprint density at radius 1 is 0.564 bits per heavy atom. The largest absolute Gasteiger partial charge is 0.423 e. The summed E-state index contributed by atoms with van der Waals surface area (Å²) < 4.78 is 224. The Hall–Kier alpha value is -1.34. The third-order valence-electron chi connectivity index (χ3n) is 3.12. The molecule has 0 bridgehead atoms. The van der Waals surface area contributed by atoms with Gasteiger partial charge in [0.2, 0.25) is 0 Å². The fraction of sp³-hybridized carbons (Fsp3) is 1.00. The van der Waals surface area contributed by atoms with E-state index in [9.17, 15) is 79.0 Å². The van der Waals surface area contributed by atoms with Crippen molar-refractivity contribution in [3.8, 4) is 0 Å². The number of rotatable bonds is 9. The van der Waals surface area contributed by atoms with Crippen LogP contribution in [-0.4, -0.2) is 55.6 Å². The molecular formula is C19H28F18O2. The lowest BCUT2D eigenvalue weighted by atomic mass is 10.00. The summed E-state index contributed by atoms with van der Waals surface area (Å²) in [6.07, 6.45) is -34.5. The molecule has 242 valence electrons. The lowest BCUT2D eigenvalue weighted by Gasteiger charge is -2.33. The van der Waals surface area contributed by atoms with Gasteiger partial charge in [0.15, 0.2) is 13.0 Å². The van der Waals surface area contributed by atoms with E-state index < -0.39 is 74.8 Å². The minimum absolute atomic E-state index is 0.0529. The van der Waals surface area contributed by atoms with Gasteiger partial charge in [0.05, 0.1) is 0 Å². The molecular weight excluding hydrogens is 602 g/mol. The number of hydrogen-bond acceptors (Lipinski definition) is 2. The van der Waals surface area contributed by atoms with Crippen LogP contribution in [0.15, 0.2) is 0 Å². The second-order valence-electron chi connectivity index (χ2n) is 7.48. The summed E-state index contributed by atoms with van der Waals surface area (Å²) in [6, 6.07) is 0. The van der Waals surface area contributed by atoms with Gasteiger partial charge in [-0.2, -0.15) is 70.2 Å². The van der Waals surface area contributed by atoms with Gasteiger partial charge in [0, 0.05) is 20.3 Å². The van der Waals surface area contributed by atoms with Crippen molar-refractivity contribution in [2.75, 3.05) is 6.86 Å². The van der Waals surface area contributed by atoms with Crippen LogP contribution in [0.2, 0.25) is 0 Å². The first-order valence-corrected chi connectivity index (χ1v) is 10.4. The number of ether oxygens (including phenoxy) is 2. The number of alkyl halides is 18. The first-order valence-electron chi connectivity index (χ1n) is 10.4. The highest BCUT2D eigenvalue weighted by Crippen LogP contribution is 2.48. The Labute approximate surface area is 212 Å². The lowest BCUT2D eigenvalue weighted by molar-refractivity contribution is -0.456. The van der Waals surface area contributed by atoms with Crippen LogP contribution in [0.4, 0.5) is 79.0 Å². The Balaban J connectivity index is -0.000000314. The zero-order valence-corrected chi connectivity index (χ0v) is 21.1. The zero-order valence-electron chi connectivity index (χ0n) is 21.1. The monoisotopic (exact) mass is 630 g/mol. The molecule has 20 heteroatoms. The Kier molecular flexibility index (Phi) is 19.3. The van der Waals surface area contributed by atoms with E-state index in [0.717, 1.165) is 0 Å². The van der Waals surface area contributed by atoms with Crippen LogP contribution in [0, 0.1) is 5.92 Å². The van der Waals surface area contributed by atoms with Gasteiger partial charge in [-0.05, 0) is 0 Å². The van der Waals surface area contributed by atoms with Gasteiger partial charge in [-0.25, -0.2) is 13.5 Å². The Bertz CT molecular complexity index is 618. The third kappa shape index (κ3) is 18.6. The normalized spacial score (nSPS) is 15.1. The zero-order chi connectivity index (χ0) is 32.9. The summed E-state index contributed by atoms with van der Waals surface area (Å²) in [5.74, 6) is -14.5. The van der Waals surface area contributed by atoms with E-state index in [1.165, 1.54) is 12.8 Å². The minimum atomic E-state index is -6.35. The fourth-order valence-electron chi connectivity index (χ4n) is 1.33. The molecule has 2 atom stereocenters. The Morgan fingerprint density at radius 2 is 0.872 bits per heavy atom. The maximum absolute atomic E-state index is 13.1. The second kappa shape index (κ2) is 16.8. The second-order valence-corrected chi connectivity index (χ2v) is 7.48. The molecule has 0 aliphatic heterocycles. The van der Waals surface area contributed by atoms with Gasteiger partial charge in [0.25, 0.3) is 0 Å². The highest BCUT2D eigenvalue weighted by atomic mass is 19.4. The molecule has 0 aliphatic rings. The van der Waals surface area contributed by atoms with Crippen LogP contribution in [-0.2, 0) is 9.47 Å². The lowest BCUT2D eigenvalue weighted by Crippen LogP contribution is -2.52. The molecule has 0 spiro atoms. The molecule has 0 rings (SSSR count). The number of halogens is 18. The molecule has 39 heavy (non-hydrogen) atoms. The highest BCUT2D eigenvalue weighted by Gasteiger charge is 2.66. The molecule has 0 N–H and O–H groups in total. The van der Waals surface area contributed by atoms with Gasteiger partial charge in [-0.15, -0.1) is 0 Å². The molecule has 0 aliphatic carbocycles. The van der Waals surface area contributed by atoms with Crippen molar-refractivity contribution in [1.82, 2.24) is 0 Å². The molecule has 0 aromatic carbocycles. The SMILES string of the molecule is CC(F)(F)C(F)(F)OC(F)(F)C(CC(F)C(F)(F)F)C(F)(F)F.CC(F)(F)C(F)(F)OCF.CCC.CCC. The average Bonchev–Trinajstić information content (AvgIpc) is 2.63. The number of hydrogen-bond donors (Lipinski definition) is 0. The molecule has 0 saturated heterocycles. The van der Waals surface area contributed by atoms with E-state index >= 15 is 0 Å². The van der Waals surface area contributed by atoms with Crippen molar-refractivity contribution < 1.29 is 88.5 Å². The van der Waals surface area contributed by atoms with Crippen LogP contribution in [0.25, 0.3) is 0 Å². The van der Waals surface area contributed by atoms with Crippen molar-refractivity contribution in [2.45, 2.75) is 109 Å². The quantitative estimate of drug-likeness (QED) is 0.236. The molecule has 0 saturated carbocycles. The smallest absolute Gasteiger partial charge is 0.284 e. The van der Waals surface area contributed by atoms with Crippen molar-refractivity contribution in [2.24, 2.45) is 5.92 Å². The van der Waals surface area contributed by atoms with E-state index in [0.29, 0.717) is 0 Å². The first kappa shape index (κ1) is 44.7. The maximum Gasteiger partial charge on any atom is 0.423 e. The first-order chi connectivity index (χ1) is 16.9. The average molecular weight is 630 g/mol. The van der Waals surface area contributed by atoms with Gasteiger partial charge < -0.3 is 0 Å². The van der Waals surface area contributed by atoms with Gasteiger partial charge >= 0.3 is 42.5 Å². The summed E-state index contributed by atoms with van der Waals surface area (Å²) >= 11 is 0. The molecule has 0 aromatic rings. The summed E-state index contributed by atoms with van der Waals surface area (Å²) in [5, 5.41) is 0. The van der Waals surface area contributed by atoms with Crippen LogP contribution >= 0.6 is 0 Å². The van der Waals surface area contributed by atoms with Crippen LogP contribution in [0.1, 0.15) is 60.8 Å². The standard InChI is InChI=1S/C9H7F13O.C4H5F5O.2C3H8/c1-5(11,12)9(21,22)23-8(19,20)3(6(13,14)15)2-4(10)7(16,17)18;1-3(6,7)4(8,9)10-2-5;2*1-3-2/h3-4H,2H2,1H3;2H2,1H3;2*3H2,1-2H3. The molecule has 2 unspecified atom stereocenters. The topological polar surface area (TPSA) is 18.5 Å². The molecule has 2 nitrogen and oxygen atoms in total. The molecule has 0 aromatic heterocycles. The van der Waals surface area contributed by atoms with E-state index in [4.69, 9.17) is 0 Å².